The van der Waals surface area contributed by atoms with Crippen molar-refractivity contribution in [1.82, 2.24) is 4.98 Å². The number of pyridine rings is 1. The van der Waals surface area contributed by atoms with Crippen molar-refractivity contribution in [3.8, 4) is 0 Å². The van der Waals surface area contributed by atoms with Crippen molar-refractivity contribution in [2.24, 2.45) is 5.41 Å². The molecule has 0 atom stereocenters. The first-order chi connectivity index (χ1) is 9.88. The highest BCUT2D eigenvalue weighted by atomic mass is 19.1. The number of carbonyl (C=O) groups is 1. The van der Waals surface area contributed by atoms with Crippen LogP contribution in [0.3, 0.4) is 0 Å². The Morgan fingerprint density at radius 2 is 1.90 bits per heavy atom. The van der Waals surface area contributed by atoms with Crippen LogP contribution in [0, 0.1) is 11.2 Å². The molecule has 110 valence electrons. The van der Waals surface area contributed by atoms with Crippen LogP contribution in [0.5, 0.6) is 0 Å². The first-order valence-corrected chi connectivity index (χ1v) is 6.85. The molecule has 0 saturated carbocycles. The summed E-state index contributed by atoms with van der Waals surface area (Å²) in [5.74, 6) is -0.884. The summed E-state index contributed by atoms with van der Waals surface area (Å²) >= 11 is 0. The van der Waals surface area contributed by atoms with Crippen molar-refractivity contribution in [3.05, 3.63) is 59.7 Å². The lowest BCUT2D eigenvalue weighted by atomic mass is 9.96. The molecule has 2 rings (SSSR count). The smallest absolute Gasteiger partial charge is 0.199 e. The van der Waals surface area contributed by atoms with Gasteiger partial charge in [0.05, 0.1) is 11.1 Å². The van der Waals surface area contributed by atoms with Gasteiger partial charge in [-0.05, 0) is 23.6 Å². The molecular weight excluding hydrogens is 267 g/mol. The zero-order valence-electron chi connectivity index (χ0n) is 12.5. The van der Waals surface area contributed by atoms with Crippen LogP contribution < -0.4 is 5.32 Å². The van der Waals surface area contributed by atoms with Gasteiger partial charge in [-0.15, -0.1) is 0 Å². The molecule has 0 unspecified atom stereocenters. The van der Waals surface area contributed by atoms with Crippen LogP contribution in [0.25, 0.3) is 0 Å². The Bertz CT molecular complexity index is 647. The van der Waals surface area contributed by atoms with Gasteiger partial charge in [0.15, 0.2) is 5.78 Å². The summed E-state index contributed by atoms with van der Waals surface area (Å²) in [6, 6.07) is 7.72. The van der Waals surface area contributed by atoms with E-state index < -0.39 is 5.82 Å². The van der Waals surface area contributed by atoms with Crippen molar-refractivity contribution in [3.63, 3.8) is 0 Å². The number of aromatic nitrogens is 1. The second kappa shape index (κ2) is 6.04. The zero-order chi connectivity index (χ0) is 15.5. The fourth-order valence-electron chi connectivity index (χ4n) is 1.88. The molecule has 21 heavy (non-hydrogen) atoms. The normalized spacial score (nSPS) is 11.2. The number of benzene rings is 1. The Hall–Kier alpha value is -2.23. The molecule has 0 aliphatic carbocycles. The summed E-state index contributed by atoms with van der Waals surface area (Å²) in [6.45, 7) is 6.99. The fraction of sp³-hybridized carbons (Fsp3) is 0.294. The number of rotatable bonds is 4. The van der Waals surface area contributed by atoms with Crippen LogP contribution in [0.15, 0.2) is 42.7 Å². The van der Waals surface area contributed by atoms with Crippen molar-refractivity contribution in [2.45, 2.75) is 20.8 Å². The van der Waals surface area contributed by atoms with E-state index in [2.05, 4.69) is 31.1 Å². The van der Waals surface area contributed by atoms with E-state index in [0.29, 0.717) is 17.8 Å². The van der Waals surface area contributed by atoms with Crippen LogP contribution in [0.4, 0.5) is 10.1 Å². The average Bonchev–Trinajstić information content (AvgIpc) is 2.44. The van der Waals surface area contributed by atoms with Crippen LogP contribution >= 0.6 is 0 Å². The molecule has 3 nitrogen and oxygen atoms in total. The van der Waals surface area contributed by atoms with Crippen LogP contribution in [-0.2, 0) is 0 Å². The summed E-state index contributed by atoms with van der Waals surface area (Å²) in [5.41, 5.74) is 1.19. The third kappa shape index (κ3) is 3.88. The quantitative estimate of drug-likeness (QED) is 0.866. The second-order valence-electron chi connectivity index (χ2n) is 6.14. The summed E-state index contributed by atoms with van der Waals surface area (Å²) in [7, 11) is 0. The number of ketones is 1. The molecule has 1 aromatic heterocycles. The Morgan fingerprint density at radius 3 is 2.57 bits per heavy atom. The van der Waals surface area contributed by atoms with Crippen LogP contribution in [0.2, 0.25) is 0 Å². The monoisotopic (exact) mass is 286 g/mol. The molecule has 2 aromatic rings. The average molecular weight is 286 g/mol. The van der Waals surface area contributed by atoms with Crippen molar-refractivity contribution in [2.75, 3.05) is 11.9 Å². The Balaban J connectivity index is 2.32. The van der Waals surface area contributed by atoms with Gasteiger partial charge >= 0.3 is 0 Å². The zero-order valence-corrected chi connectivity index (χ0v) is 12.5. The predicted octanol–water partition coefficient (Wildman–Crippen LogP) is 3.91. The van der Waals surface area contributed by atoms with Crippen molar-refractivity contribution < 1.29 is 9.18 Å². The highest BCUT2D eigenvalue weighted by Gasteiger charge is 2.18. The van der Waals surface area contributed by atoms with Crippen LogP contribution in [0.1, 0.15) is 36.7 Å². The molecule has 0 radical (unpaired) electrons. The highest BCUT2D eigenvalue weighted by Crippen LogP contribution is 2.22. The van der Waals surface area contributed by atoms with E-state index in [0.717, 1.165) is 0 Å². The molecule has 1 N–H and O–H groups in total. The van der Waals surface area contributed by atoms with Gasteiger partial charge in [-0.25, -0.2) is 4.39 Å². The summed E-state index contributed by atoms with van der Waals surface area (Å²) in [5, 5.41) is 3.24. The lowest BCUT2D eigenvalue weighted by Gasteiger charge is -2.20. The molecule has 0 aliphatic rings. The van der Waals surface area contributed by atoms with Gasteiger partial charge in [0.2, 0.25) is 0 Å². The molecule has 0 fully saturated rings. The molecule has 4 heteroatoms. The highest BCUT2D eigenvalue weighted by molar-refractivity contribution is 6.12. The third-order valence-corrected chi connectivity index (χ3v) is 2.99. The summed E-state index contributed by atoms with van der Waals surface area (Å²) in [6.07, 6.45) is 3.09. The van der Waals surface area contributed by atoms with E-state index in [-0.39, 0.29) is 16.8 Å². The minimum atomic E-state index is -0.520. The van der Waals surface area contributed by atoms with E-state index in [1.807, 2.05) is 0 Å². The molecule has 0 spiro atoms. The van der Waals surface area contributed by atoms with Gasteiger partial charge in [-0.1, -0.05) is 32.9 Å². The van der Waals surface area contributed by atoms with Crippen LogP contribution in [-0.4, -0.2) is 17.3 Å². The van der Waals surface area contributed by atoms with E-state index >= 15 is 0 Å². The van der Waals surface area contributed by atoms with Gasteiger partial charge in [0, 0.05) is 24.6 Å². The van der Waals surface area contributed by atoms with E-state index in [4.69, 9.17) is 0 Å². The van der Waals surface area contributed by atoms with Gasteiger partial charge in [0.25, 0.3) is 0 Å². The maximum absolute atomic E-state index is 13.8. The molecule has 0 saturated heterocycles. The Kier molecular flexibility index (Phi) is 4.36. The van der Waals surface area contributed by atoms with Gasteiger partial charge < -0.3 is 5.32 Å². The Labute approximate surface area is 124 Å². The van der Waals surface area contributed by atoms with E-state index in [1.54, 1.807) is 24.4 Å². The van der Waals surface area contributed by atoms with Crippen molar-refractivity contribution in [1.29, 1.82) is 0 Å². The maximum atomic E-state index is 13.8. The predicted molar refractivity (Wildman–Crippen MR) is 82.0 cm³/mol. The largest absolute Gasteiger partial charge is 0.384 e. The fourth-order valence-corrected chi connectivity index (χ4v) is 1.88. The molecule has 0 amide bonds. The third-order valence-electron chi connectivity index (χ3n) is 2.99. The second-order valence-corrected chi connectivity index (χ2v) is 6.14. The lowest BCUT2D eigenvalue weighted by Crippen LogP contribution is -2.20. The minimum Gasteiger partial charge on any atom is -0.384 e. The molecule has 0 aliphatic heterocycles. The molecule has 1 heterocycles. The standard InChI is InChI=1S/C17H19FN2O/c1-17(2,3)11-20-15-8-9-19-10-13(15)16(21)12-6-4-5-7-14(12)18/h4-10H,11H2,1-3H3,(H,19,20). The SMILES string of the molecule is CC(C)(C)CNc1ccncc1C(=O)c1ccccc1F. The number of nitrogens with zero attached hydrogens (tertiary/aromatic N) is 1. The number of hydrogen-bond donors (Lipinski definition) is 1. The van der Waals surface area contributed by atoms with Gasteiger partial charge in [-0.3, -0.25) is 9.78 Å². The minimum absolute atomic E-state index is 0.0595. The maximum Gasteiger partial charge on any atom is 0.199 e. The van der Waals surface area contributed by atoms with Gasteiger partial charge in [0.1, 0.15) is 5.82 Å². The summed E-state index contributed by atoms with van der Waals surface area (Å²) in [4.78, 5) is 16.5. The number of hydrogen-bond acceptors (Lipinski definition) is 3. The van der Waals surface area contributed by atoms with E-state index in [1.165, 1.54) is 18.3 Å². The first-order valence-electron chi connectivity index (χ1n) is 6.85. The van der Waals surface area contributed by atoms with Crippen molar-refractivity contribution >= 4 is 11.5 Å². The van der Waals surface area contributed by atoms with E-state index in [9.17, 15) is 9.18 Å². The number of carbonyl (C=O) groups excluding carboxylic acids is 1. The lowest BCUT2D eigenvalue weighted by molar-refractivity contribution is 0.103. The molecule has 1 aromatic carbocycles. The first kappa shape index (κ1) is 15.2. The molecular formula is C17H19FN2O. The Morgan fingerprint density at radius 1 is 1.19 bits per heavy atom. The molecule has 0 bridgehead atoms. The number of halogens is 1. The number of nitrogens with one attached hydrogen (secondary N) is 1. The van der Waals surface area contributed by atoms with Gasteiger partial charge in [-0.2, -0.15) is 0 Å². The summed E-state index contributed by atoms with van der Waals surface area (Å²) < 4.78 is 13.8. The number of anilines is 1. The topological polar surface area (TPSA) is 42.0 Å².